The summed E-state index contributed by atoms with van der Waals surface area (Å²) in [5, 5.41) is 3.17. The molecule has 2 aromatic rings. The Bertz CT molecular complexity index is 765. The van der Waals surface area contributed by atoms with Gasteiger partial charge in [-0.25, -0.2) is 0 Å². The van der Waals surface area contributed by atoms with Crippen LogP contribution in [-0.4, -0.2) is 18.1 Å². The van der Waals surface area contributed by atoms with Gasteiger partial charge in [-0.15, -0.1) is 0 Å². The maximum atomic E-state index is 12.7. The van der Waals surface area contributed by atoms with E-state index in [4.69, 9.17) is 9.47 Å². The second kappa shape index (κ2) is 6.79. The number of carbonyl (C=O) groups excluding carboxylic acids is 1. The first-order valence-electron chi connectivity index (χ1n) is 8.71. The van der Waals surface area contributed by atoms with Crippen molar-refractivity contribution in [2.24, 2.45) is 0 Å². The van der Waals surface area contributed by atoms with Crippen molar-refractivity contribution in [1.29, 1.82) is 0 Å². The van der Waals surface area contributed by atoms with Crippen molar-refractivity contribution in [2.75, 3.05) is 6.61 Å². The predicted octanol–water partition coefficient (Wildman–Crippen LogP) is 4.43. The Morgan fingerprint density at radius 2 is 1.96 bits per heavy atom. The molecule has 1 heterocycles. The van der Waals surface area contributed by atoms with E-state index in [2.05, 4.69) is 11.4 Å². The predicted molar refractivity (Wildman–Crippen MR) is 98.3 cm³/mol. The third kappa shape index (κ3) is 3.95. The van der Waals surface area contributed by atoms with E-state index < -0.39 is 0 Å². The summed E-state index contributed by atoms with van der Waals surface area (Å²) in [4.78, 5) is 12.7. The van der Waals surface area contributed by atoms with Crippen LogP contribution in [0.25, 0.3) is 0 Å². The molecule has 0 radical (unpaired) electrons. The average molecular weight is 339 g/mol. The fraction of sp³-hybridized carbons (Fsp3) is 0.381. The minimum Gasteiger partial charge on any atom is -0.494 e. The number of rotatable bonds is 4. The van der Waals surface area contributed by atoms with E-state index in [9.17, 15) is 4.79 Å². The molecule has 0 spiro atoms. The molecule has 1 atom stereocenters. The SMILES string of the molecule is CCOc1ccc(C(=O)N[C@@H]2CC(C)(C)Oc3ccc(C)cc32)cc1. The van der Waals surface area contributed by atoms with Crippen molar-refractivity contribution < 1.29 is 14.3 Å². The average Bonchev–Trinajstić information content (AvgIpc) is 2.56. The van der Waals surface area contributed by atoms with Gasteiger partial charge in [0.05, 0.1) is 12.6 Å². The van der Waals surface area contributed by atoms with Crippen LogP contribution in [-0.2, 0) is 0 Å². The van der Waals surface area contributed by atoms with Crippen molar-refractivity contribution in [3.63, 3.8) is 0 Å². The van der Waals surface area contributed by atoms with Gasteiger partial charge in [-0.3, -0.25) is 4.79 Å². The summed E-state index contributed by atoms with van der Waals surface area (Å²) in [5.74, 6) is 1.53. The smallest absolute Gasteiger partial charge is 0.251 e. The van der Waals surface area contributed by atoms with Crippen LogP contribution in [0.4, 0.5) is 0 Å². The molecule has 1 aliphatic heterocycles. The molecule has 0 aromatic heterocycles. The van der Waals surface area contributed by atoms with E-state index in [1.54, 1.807) is 12.1 Å². The number of amides is 1. The quantitative estimate of drug-likeness (QED) is 0.896. The van der Waals surface area contributed by atoms with E-state index in [1.807, 2.05) is 52.0 Å². The highest BCUT2D eigenvalue weighted by molar-refractivity contribution is 5.94. The highest BCUT2D eigenvalue weighted by Gasteiger charge is 2.34. The second-order valence-electron chi connectivity index (χ2n) is 7.09. The highest BCUT2D eigenvalue weighted by atomic mass is 16.5. The minimum absolute atomic E-state index is 0.0716. The van der Waals surface area contributed by atoms with Gasteiger partial charge in [-0.2, -0.15) is 0 Å². The Kier molecular flexibility index (Phi) is 4.71. The zero-order valence-corrected chi connectivity index (χ0v) is 15.3. The van der Waals surface area contributed by atoms with Gasteiger partial charge in [0.15, 0.2) is 0 Å². The van der Waals surface area contributed by atoms with E-state index in [0.717, 1.165) is 29.0 Å². The van der Waals surface area contributed by atoms with Crippen LogP contribution in [0.15, 0.2) is 42.5 Å². The summed E-state index contributed by atoms with van der Waals surface area (Å²) < 4.78 is 11.5. The van der Waals surface area contributed by atoms with Crippen LogP contribution in [0.5, 0.6) is 11.5 Å². The largest absolute Gasteiger partial charge is 0.494 e. The third-order valence-electron chi connectivity index (χ3n) is 4.36. The molecule has 0 aliphatic carbocycles. The van der Waals surface area contributed by atoms with Crippen molar-refractivity contribution in [3.05, 3.63) is 59.2 Å². The summed E-state index contributed by atoms with van der Waals surface area (Å²) in [6.07, 6.45) is 0.728. The zero-order chi connectivity index (χ0) is 18.0. The maximum Gasteiger partial charge on any atom is 0.251 e. The molecule has 1 aliphatic rings. The molecular formula is C21H25NO3. The minimum atomic E-state index is -0.320. The Labute approximate surface area is 149 Å². The molecule has 3 rings (SSSR count). The van der Waals surface area contributed by atoms with E-state index in [0.29, 0.717) is 12.2 Å². The molecule has 25 heavy (non-hydrogen) atoms. The molecule has 132 valence electrons. The van der Waals surface area contributed by atoms with Gasteiger partial charge in [0, 0.05) is 17.5 Å². The number of benzene rings is 2. The Morgan fingerprint density at radius 1 is 1.24 bits per heavy atom. The lowest BCUT2D eigenvalue weighted by Gasteiger charge is -2.38. The normalized spacial score (nSPS) is 18.0. The highest BCUT2D eigenvalue weighted by Crippen LogP contribution is 2.40. The van der Waals surface area contributed by atoms with Crippen LogP contribution in [0.3, 0.4) is 0 Å². The van der Waals surface area contributed by atoms with Gasteiger partial charge in [0.2, 0.25) is 0 Å². The van der Waals surface area contributed by atoms with Crippen LogP contribution in [0.1, 0.15) is 54.7 Å². The van der Waals surface area contributed by atoms with Crippen molar-refractivity contribution in [1.82, 2.24) is 5.32 Å². The number of hydrogen-bond acceptors (Lipinski definition) is 3. The zero-order valence-electron chi connectivity index (χ0n) is 15.3. The van der Waals surface area contributed by atoms with Gasteiger partial charge in [-0.1, -0.05) is 17.7 Å². The Balaban J connectivity index is 1.82. The first kappa shape index (κ1) is 17.3. The fourth-order valence-corrected chi connectivity index (χ4v) is 3.21. The molecular weight excluding hydrogens is 314 g/mol. The van der Waals surface area contributed by atoms with Gasteiger partial charge in [-0.05, 0) is 58.0 Å². The van der Waals surface area contributed by atoms with E-state index in [-0.39, 0.29) is 17.6 Å². The lowest BCUT2D eigenvalue weighted by atomic mass is 9.88. The molecule has 0 bridgehead atoms. The summed E-state index contributed by atoms with van der Waals surface area (Å²) in [6, 6.07) is 13.3. The van der Waals surface area contributed by atoms with E-state index >= 15 is 0 Å². The summed E-state index contributed by atoms with van der Waals surface area (Å²) in [7, 11) is 0. The second-order valence-corrected chi connectivity index (χ2v) is 7.09. The van der Waals surface area contributed by atoms with Crippen LogP contribution < -0.4 is 14.8 Å². The van der Waals surface area contributed by atoms with E-state index in [1.165, 1.54) is 0 Å². The monoisotopic (exact) mass is 339 g/mol. The summed E-state index contributed by atoms with van der Waals surface area (Å²) in [5.41, 5.74) is 2.50. The van der Waals surface area contributed by atoms with Crippen molar-refractivity contribution in [2.45, 2.75) is 45.8 Å². The van der Waals surface area contributed by atoms with Gasteiger partial charge >= 0.3 is 0 Å². The molecule has 4 heteroatoms. The molecule has 4 nitrogen and oxygen atoms in total. The van der Waals surface area contributed by atoms with Gasteiger partial charge in [0.25, 0.3) is 5.91 Å². The first-order valence-corrected chi connectivity index (χ1v) is 8.71. The molecule has 0 saturated heterocycles. The molecule has 1 amide bonds. The van der Waals surface area contributed by atoms with Gasteiger partial charge < -0.3 is 14.8 Å². The fourth-order valence-electron chi connectivity index (χ4n) is 3.21. The maximum absolute atomic E-state index is 12.7. The van der Waals surface area contributed by atoms with Crippen molar-refractivity contribution in [3.8, 4) is 11.5 Å². The molecule has 0 unspecified atom stereocenters. The van der Waals surface area contributed by atoms with Crippen LogP contribution >= 0.6 is 0 Å². The molecule has 1 N–H and O–H groups in total. The molecule has 0 fully saturated rings. The number of nitrogens with one attached hydrogen (secondary N) is 1. The van der Waals surface area contributed by atoms with Crippen LogP contribution in [0, 0.1) is 6.92 Å². The number of fused-ring (bicyclic) bond motifs is 1. The number of carbonyl (C=O) groups is 1. The summed E-state index contributed by atoms with van der Waals surface area (Å²) in [6.45, 7) is 8.69. The van der Waals surface area contributed by atoms with Crippen LogP contribution in [0.2, 0.25) is 0 Å². The molecule has 0 saturated carbocycles. The molecule has 2 aromatic carbocycles. The summed E-state index contributed by atoms with van der Waals surface area (Å²) >= 11 is 0. The Morgan fingerprint density at radius 3 is 2.64 bits per heavy atom. The topological polar surface area (TPSA) is 47.6 Å². The van der Waals surface area contributed by atoms with Gasteiger partial charge in [0.1, 0.15) is 17.1 Å². The number of aryl methyl sites for hydroxylation is 1. The number of ether oxygens (including phenoxy) is 2. The lowest BCUT2D eigenvalue weighted by molar-refractivity contribution is 0.0619. The first-order chi connectivity index (χ1) is 11.9. The standard InChI is InChI=1S/C21H25NO3/c1-5-24-16-9-7-15(8-10-16)20(23)22-18-13-21(3,4)25-19-11-6-14(2)12-17(18)19/h6-12,18H,5,13H2,1-4H3,(H,22,23)/t18-/m1/s1. The third-order valence-corrected chi connectivity index (χ3v) is 4.36. The lowest BCUT2D eigenvalue weighted by Crippen LogP contribution is -2.41. The number of hydrogen-bond donors (Lipinski definition) is 1. The Hall–Kier alpha value is -2.49. The van der Waals surface area contributed by atoms with Crippen molar-refractivity contribution >= 4 is 5.91 Å².